The number of nitrogens with zero attached hydrogens (tertiary/aromatic N) is 1. The van der Waals surface area contributed by atoms with E-state index < -0.39 is 5.91 Å². The van der Waals surface area contributed by atoms with Crippen LogP contribution in [0.3, 0.4) is 0 Å². The van der Waals surface area contributed by atoms with Gasteiger partial charge in [0.15, 0.2) is 6.29 Å². The number of carbonyl (C=O) groups excluding carboxylic acids is 2. The molecule has 4 nitrogen and oxygen atoms in total. The molecule has 0 heterocycles. The zero-order valence-corrected chi connectivity index (χ0v) is 9.11. The van der Waals surface area contributed by atoms with Crippen molar-refractivity contribution in [3.8, 4) is 6.07 Å². The van der Waals surface area contributed by atoms with Crippen molar-refractivity contribution in [2.24, 2.45) is 5.73 Å². The minimum Gasteiger partial charge on any atom is -0.366 e. The first-order valence-electron chi connectivity index (χ1n) is 3.59. The number of hydrogen-bond acceptors (Lipinski definition) is 3. The third-order valence-corrected chi connectivity index (χ3v) is 2.80. The second-order valence-electron chi connectivity index (χ2n) is 2.49. The van der Waals surface area contributed by atoms with Gasteiger partial charge in [-0.1, -0.05) is 0 Å². The van der Waals surface area contributed by atoms with Gasteiger partial charge in [0, 0.05) is 9.13 Å². The summed E-state index contributed by atoms with van der Waals surface area (Å²) in [5.74, 6) is -0.608. The van der Waals surface area contributed by atoms with Gasteiger partial charge in [-0.05, 0) is 34.7 Å². The van der Waals surface area contributed by atoms with Gasteiger partial charge in [0.2, 0.25) is 5.91 Å². The second-order valence-corrected chi connectivity index (χ2v) is 3.56. The van der Waals surface area contributed by atoms with Gasteiger partial charge in [0.25, 0.3) is 0 Å². The monoisotopic (exact) mass is 300 g/mol. The fourth-order valence-electron chi connectivity index (χ4n) is 0.993. The number of aldehydes is 1. The summed E-state index contributed by atoms with van der Waals surface area (Å²) in [7, 11) is 0. The van der Waals surface area contributed by atoms with Gasteiger partial charge in [0.1, 0.15) is 6.07 Å². The Labute approximate surface area is 93.8 Å². The highest BCUT2D eigenvalue weighted by Crippen LogP contribution is 2.19. The number of nitriles is 1. The largest absolute Gasteiger partial charge is 0.366 e. The van der Waals surface area contributed by atoms with Crippen LogP contribution in [0.25, 0.3) is 0 Å². The van der Waals surface area contributed by atoms with Crippen LogP contribution in [0.15, 0.2) is 12.1 Å². The number of amides is 1. The van der Waals surface area contributed by atoms with Crippen LogP contribution in [0.4, 0.5) is 0 Å². The summed E-state index contributed by atoms with van der Waals surface area (Å²) in [4.78, 5) is 21.5. The first-order chi connectivity index (χ1) is 6.61. The molecule has 14 heavy (non-hydrogen) atoms. The molecule has 0 fully saturated rings. The molecule has 1 aromatic carbocycles. The molecular weight excluding hydrogens is 295 g/mol. The summed E-state index contributed by atoms with van der Waals surface area (Å²) in [6.07, 6.45) is 0.575. The van der Waals surface area contributed by atoms with Crippen molar-refractivity contribution in [1.82, 2.24) is 0 Å². The molecule has 0 saturated heterocycles. The Balaban J connectivity index is 3.52. The Morgan fingerprint density at radius 1 is 1.57 bits per heavy atom. The molecule has 1 amide bonds. The number of benzene rings is 1. The van der Waals surface area contributed by atoms with Crippen LogP contribution in [-0.4, -0.2) is 12.2 Å². The minimum absolute atomic E-state index is 0.192. The molecule has 0 atom stereocenters. The van der Waals surface area contributed by atoms with E-state index in [1.165, 1.54) is 12.1 Å². The maximum Gasteiger partial charge on any atom is 0.249 e. The van der Waals surface area contributed by atoms with Gasteiger partial charge in [0.05, 0.1) is 11.1 Å². The number of halogens is 1. The third kappa shape index (κ3) is 1.75. The van der Waals surface area contributed by atoms with E-state index in [1.807, 2.05) is 28.7 Å². The zero-order chi connectivity index (χ0) is 10.7. The van der Waals surface area contributed by atoms with Gasteiger partial charge in [-0.15, -0.1) is 0 Å². The molecular formula is C9H5IN2O2. The summed E-state index contributed by atoms with van der Waals surface area (Å²) in [6.45, 7) is 0. The average Bonchev–Trinajstić information content (AvgIpc) is 2.16. The number of carbonyl (C=O) groups is 2. The van der Waals surface area contributed by atoms with Gasteiger partial charge in [-0.25, -0.2) is 0 Å². The molecule has 0 aliphatic rings. The maximum absolute atomic E-state index is 10.9. The first kappa shape index (κ1) is 10.7. The second kappa shape index (κ2) is 4.19. The zero-order valence-electron chi connectivity index (χ0n) is 6.95. The smallest absolute Gasteiger partial charge is 0.249 e. The van der Waals surface area contributed by atoms with Crippen molar-refractivity contribution >= 4 is 34.8 Å². The van der Waals surface area contributed by atoms with Crippen LogP contribution in [0.1, 0.15) is 26.3 Å². The van der Waals surface area contributed by atoms with Crippen molar-refractivity contribution in [3.63, 3.8) is 0 Å². The maximum atomic E-state index is 10.9. The Hall–Kier alpha value is -1.42. The summed E-state index contributed by atoms with van der Waals surface area (Å²) in [5, 5.41) is 8.77. The summed E-state index contributed by atoms with van der Waals surface area (Å²) in [6, 6.07) is 4.71. The highest BCUT2D eigenvalue weighted by molar-refractivity contribution is 14.1. The lowest BCUT2D eigenvalue weighted by Crippen LogP contribution is -2.14. The van der Waals surface area contributed by atoms with Crippen LogP contribution in [0.5, 0.6) is 0 Å². The molecule has 0 bridgehead atoms. The van der Waals surface area contributed by atoms with Crippen molar-refractivity contribution in [3.05, 3.63) is 32.4 Å². The Morgan fingerprint density at radius 3 is 2.64 bits per heavy atom. The molecule has 1 aromatic rings. The molecule has 0 aliphatic carbocycles. The summed E-state index contributed by atoms with van der Waals surface area (Å²) in [5.41, 5.74) is 5.80. The number of rotatable bonds is 2. The van der Waals surface area contributed by atoms with Gasteiger partial charge < -0.3 is 5.73 Å². The molecule has 5 heteroatoms. The average molecular weight is 300 g/mol. The number of nitrogens with two attached hydrogens (primary N) is 1. The molecule has 2 N–H and O–H groups in total. The van der Waals surface area contributed by atoms with Crippen molar-refractivity contribution in [2.75, 3.05) is 0 Å². The lowest BCUT2D eigenvalue weighted by Gasteiger charge is -2.03. The molecule has 0 radical (unpaired) electrons. The van der Waals surface area contributed by atoms with Crippen LogP contribution in [0.2, 0.25) is 0 Å². The highest BCUT2D eigenvalue weighted by Gasteiger charge is 2.13. The molecule has 0 spiro atoms. The minimum atomic E-state index is -0.608. The van der Waals surface area contributed by atoms with Crippen LogP contribution < -0.4 is 5.73 Å². The van der Waals surface area contributed by atoms with Gasteiger partial charge in [-0.2, -0.15) is 5.26 Å². The third-order valence-electron chi connectivity index (χ3n) is 1.68. The van der Waals surface area contributed by atoms with E-state index in [1.54, 1.807) is 0 Å². The molecule has 0 aromatic heterocycles. The van der Waals surface area contributed by atoms with E-state index in [2.05, 4.69) is 0 Å². The van der Waals surface area contributed by atoms with Crippen molar-refractivity contribution in [2.45, 2.75) is 0 Å². The van der Waals surface area contributed by atoms with E-state index in [0.29, 0.717) is 9.86 Å². The molecule has 0 saturated carbocycles. The molecule has 70 valence electrons. The highest BCUT2D eigenvalue weighted by atomic mass is 127. The van der Waals surface area contributed by atoms with E-state index in [-0.39, 0.29) is 16.7 Å². The first-order valence-corrected chi connectivity index (χ1v) is 4.67. The SMILES string of the molecule is N#Cc1c(C=O)ccc(C(N)=O)c1I. The lowest BCUT2D eigenvalue weighted by molar-refractivity contribution is 0.0998. The van der Waals surface area contributed by atoms with Gasteiger partial charge in [-0.3, -0.25) is 9.59 Å². The normalized spacial score (nSPS) is 9.14. The van der Waals surface area contributed by atoms with Crippen molar-refractivity contribution in [1.29, 1.82) is 5.26 Å². The standard InChI is InChI=1S/C9H5IN2O2/c10-8-6(9(12)14)2-1-5(4-13)7(8)3-11/h1-2,4H,(H2,12,14). The summed E-state index contributed by atoms with van der Waals surface area (Å²) >= 11 is 1.82. The Kier molecular flexibility index (Phi) is 3.19. The Morgan fingerprint density at radius 2 is 2.21 bits per heavy atom. The summed E-state index contributed by atoms with van der Waals surface area (Å²) < 4.78 is 0.419. The van der Waals surface area contributed by atoms with E-state index in [4.69, 9.17) is 11.0 Å². The fourth-order valence-corrected chi connectivity index (χ4v) is 1.87. The predicted octanol–water partition coefficient (Wildman–Crippen LogP) is 1.07. The van der Waals surface area contributed by atoms with Crippen LogP contribution >= 0.6 is 22.6 Å². The van der Waals surface area contributed by atoms with E-state index >= 15 is 0 Å². The lowest BCUT2D eigenvalue weighted by atomic mass is 10.1. The Bertz CT molecular complexity index is 449. The van der Waals surface area contributed by atoms with Gasteiger partial charge >= 0.3 is 0 Å². The molecule has 1 rings (SSSR count). The topological polar surface area (TPSA) is 83.9 Å². The van der Waals surface area contributed by atoms with Crippen LogP contribution in [0, 0.1) is 14.9 Å². The molecule has 0 aliphatic heterocycles. The van der Waals surface area contributed by atoms with E-state index in [9.17, 15) is 9.59 Å². The number of hydrogen-bond donors (Lipinski definition) is 1. The van der Waals surface area contributed by atoms with Crippen LogP contribution in [-0.2, 0) is 0 Å². The molecule has 0 unspecified atom stereocenters. The van der Waals surface area contributed by atoms with E-state index in [0.717, 1.165) is 0 Å². The fraction of sp³-hybridized carbons (Fsp3) is 0. The van der Waals surface area contributed by atoms with Crippen molar-refractivity contribution < 1.29 is 9.59 Å². The predicted molar refractivity (Wildman–Crippen MR) is 57.8 cm³/mol. The number of primary amides is 1. The quantitative estimate of drug-likeness (QED) is 0.655.